The molecule has 0 saturated heterocycles. The molecule has 0 aliphatic carbocycles. The molecule has 0 aromatic heterocycles. The lowest BCUT2D eigenvalue weighted by atomic mass is 9.90. The average Bonchev–Trinajstić information content (AvgIpc) is 2.46. The summed E-state index contributed by atoms with van der Waals surface area (Å²) in [6, 6.07) is 4.34. The lowest BCUT2D eigenvalue weighted by molar-refractivity contribution is 0.0698. The summed E-state index contributed by atoms with van der Waals surface area (Å²) in [5, 5.41) is 14.8. The van der Waals surface area contributed by atoms with E-state index in [-0.39, 0.29) is 22.8 Å². The topological polar surface area (TPSA) is 78.4 Å². The number of carbonyl (C=O) groups excluding carboxylic acids is 1. The van der Waals surface area contributed by atoms with Gasteiger partial charge < -0.3 is 15.7 Å². The molecule has 0 spiro atoms. The fourth-order valence-corrected chi connectivity index (χ4v) is 2.57. The molecule has 0 atom stereocenters. The van der Waals surface area contributed by atoms with Crippen molar-refractivity contribution in [3.05, 3.63) is 28.2 Å². The third-order valence-corrected chi connectivity index (χ3v) is 4.36. The Hall–Kier alpha value is -1.56. The molecular weight excluding hydrogens is 336 g/mol. The number of hydrogen-bond donors (Lipinski definition) is 3. The third kappa shape index (κ3) is 4.46. The minimum absolute atomic E-state index is 0.0506. The van der Waals surface area contributed by atoms with E-state index in [1.807, 2.05) is 20.8 Å². The van der Waals surface area contributed by atoms with Crippen molar-refractivity contribution in [2.24, 2.45) is 0 Å². The highest BCUT2D eigenvalue weighted by Crippen LogP contribution is 2.23. The van der Waals surface area contributed by atoms with Gasteiger partial charge in [0.25, 0.3) is 0 Å². The highest BCUT2D eigenvalue weighted by Gasteiger charge is 2.26. The molecule has 6 heteroatoms. The van der Waals surface area contributed by atoms with Crippen LogP contribution in [-0.4, -0.2) is 22.6 Å². The Balaban J connectivity index is 2.91. The SMILES string of the molecule is CCC(CC)(CC)NC(=O)Nc1ccc(Br)cc1C(=O)O. The van der Waals surface area contributed by atoms with Crippen LogP contribution in [0.15, 0.2) is 22.7 Å². The van der Waals surface area contributed by atoms with Gasteiger partial charge in [0.05, 0.1) is 11.3 Å². The number of rotatable bonds is 6. The molecule has 0 fully saturated rings. The summed E-state index contributed by atoms with van der Waals surface area (Å²) in [6.45, 7) is 6.07. The standard InChI is InChI=1S/C15H21BrN2O3/c1-4-15(5-2,6-3)18-14(21)17-12-8-7-10(16)9-11(12)13(19)20/h7-9H,4-6H2,1-3H3,(H,19,20)(H2,17,18,21). The highest BCUT2D eigenvalue weighted by atomic mass is 79.9. The molecule has 0 saturated carbocycles. The van der Waals surface area contributed by atoms with Crippen LogP contribution in [0, 0.1) is 0 Å². The van der Waals surface area contributed by atoms with E-state index in [0.717, 1.165) is 19.3 Å². The van der Waals surface area contributed by atoms with Crippen LogP contribution in [0.1, 0.15) is 50.4 Å². The van der Waals surface area contributed by atoms with Crippen molar-refractivity contribution < 1.29 is 14.7 Å². The maximum Gasteiger partial charge on any atom is 0.337 e. The van der Waals surface area contributed by atoms with Gasteiger partial charge in [-0.2, -0.15) is 0 Å². The van der Waals surface area contributed by atoms with Crippen LogP contribution in [-0.2, 0) is 0 Å². The molecule has 0 radical (unpaired) electrons. The number of halogens is 1. The van der Waals surface area contributed by atoms with E-state index < -0.39 is 5.97 Å². The van der Waals surface area contributed by atoms with E-state index >= 15 is 0 Å². The fraction of sp³-hybridized carbons (Fsp3) is 0.467. The predicted molar refractivity (Wildman–Crippen MR) is 86.9 cm³/mol. The summed E-state index contributed by atoms with van der Waals surface area (Å²) >= 11 is 3.22. The molecule has 2 amide bonds. The summed E-state index contributed by atoms with van der Waals surface area (Å²) in [5.41, 5.74) is 0.0677. The average molecular weight is 357 g/mol. The van der Waals surface area contributed by atoms with Crippen molar-refractivity contribution in [1.82, 2.24) is 5.32 Å². The second-order valence-corrected chi connectivity index (χ2v) is 5.83. The molecule has 0 bridgehead atoms. The molecule has 116 valence electrons. The number of carbonyl (C=O) groups is 2. The van der Waals surface area contributed by atoms with Crippen LogP contribution in [0.2, 0.25) is 0 Å². The molecule has 5 nitrogen and oxygen atoms in total. The summed E-state index contributed by atoms with van der Waals surface area (Å²) in [6.07, 6.45) is 2.46. The number of benzene rings is 1. The van der Waals surface area contributed by atoms with Crippen LogP contribution in [0.5, 0.6) is 0 Å². The van der Waals surface area contributed by atoms with E-state index in [1.54, 1.807) is 12.1 Å². The number of hydrogen-bond acceptors (Lipinski definition) is 2. The Kier molecular flexibility index (Phi) is 6.20. The van der Waals surface area contributed by atoms with Crippen LogP contribution < -0.4 is 10.6 Å². The van der Waals surface area contributed by atoms with Crippen LogP contribution >= 0.6 is 15.9 Å². The van der Waals surface area contributed by atoms with E-state index in [4.69, 9.17) is 0 Å². The molecule has 21 heavy (non-hydrogen) atoms. The van der Waals surface area contributed by atoms with Gasteiger partial charge in [0.1, 0.15) is 0 Å². The van der Waals surface area contributed by atoms with Crippen molar-refractivity contribution in [3.63, 3.8) is 0 Å². The van der Waals surface area contributed by atoms with Crippen molar-refractivity contribution >= 4 is 33.6 Å². The maximum atomic E-state index is 12.1. The Morgan fingerprint density at radius 3 is 2.24 bits per heavy atom. The molecule has 0 aliphatic rings. The summed E-state index contributed by atoms with van der Waals surface area (Å²) in [4.78, 5) is 23.4. The smallest absolute Gasteiger partial charge is 0.337 e. The van der Waals surface area contributed by atoms with E-state index in [1.165, 1.54) is 6.07 Å². The predicted octanol–water partition coefficient (Wildman–Crippen LogP) is 4.24. The van der Waals surface area contributed by atoms with Crippen LogP contribution in [0.4, 0.5) is 10.5 Å². The number of carboxylic acid groups (broad SMARTS) is 1. The van der Waals surface area contributed by atoms with Crippen LogP contribution in [0.3, 0.4) is 0 Å². The lowest BCUT2D eigenvalue weighted by Gasteiger charge is -2.31. The zero-order valence-electron chi connectivity index (χ0n) is 12.5. The Morgan fingerprint density at radius 1 is 1.19 bits per heavy atom. The number of aromatic carboxylic acids is 1. The first-order valence-electron chi connectivity index (χ1n) is 6.99. The fourth-order valence-electron chi connectivity index (χ4n) is 2.21. The van der Waals surface area contributed by atoms with Gasteiger partial charge in [0.2, 0.25) is 0 Å². The van der Waals surface area contributed by atoms with Gasteiger partial charge in [-0.25, -0.2) is 9.59 Å². The lowest BCUT2D eigenvalue weighted by Crippen LogP contribution is -2.49. The van der Waals surface area contributed by atoms with Gasteiger partial charge in [0.15, 0.2) is 0 Å². The van der Waals surface area contributed by atoms with Crippen molar-refractivity contribution in [2.45, 2.75) is 45.6 Å². The maximum absolute atomic E-state index is 12.1. The molecule has 1 aromatic carbocycles. The highest BCUT2D eigenvalue weighted by molar-refractivity contribution is 9.10. The van der Waals surface area contributed by atoms with Gasteiger partial charge in [-0.3, -0.25) is 0 Å². The van der Waals surface area contributed by atoms with Gasteiger partial charge in [-0.15, -0.1) is 0 Å². The van der Waals surface area contributed by atoms with E-state index in [0.29, 0.717) is 4.47 Å². The largest absolute Gasteiger partial charge is 0.478 e. The second kappa shape index (κ2) is 7.45. The van der Waals surface area contributed by atoms with Gasteiger partial charge >= 0.3 is 12.0 Å². The molecule has 1 aromatic rings. The molecule has 3 N–H and O–H groups in total. The zero-order valence-corrected chi connectivity index (χ0v) is 14.1. The minimum Gasteiger partial charge on any atom is -0.478 e. The number of urea groups is 1. The number of nitrogens with one attached hydrogen (secondary N) is 2. The Morgan fingerprint density at radius 2 is 1.76 bits per heavy atom. The summed E-state index contributed by atoms with van der Waals surface area (Å²) < 4.78 is 0.649. The first-order chi connectivity index (χ1) is 9.87. The minimum atomic E-state index is -1.08. The monoisotopic (exact) mass is 356 g/mol. The Bertz CT molecular complexity index is 519. The second-order valence-electron chi connectivity index (χ2n) is 4.92. The Labute approximate surface area is 133 Å². The molecule has 0 heterocycles. The number of amides is 2. The quantitative estimate of drug-likeness (QED) is 0.713. The third-order valence-electron chi connectivity index (χ3n) is 3.87. The first kappa shape index (κ1) is 17.5. The van der Waals surface area contributed by atoms with Gasteiger partial charge in [-0.1, -0.05) is 36.7 Å². The molecule has 0 unspecified atom stereocenters. The van der Waals surface area contributed by atoms with E-state index in [2.05, 4.69) is 26.6 Å². The number of carboxylic acids is 1. The summed E-state index contributed by atoms with van der Waals surface area (Å²) in [7, 11) is 0. The molecule has 1 rings (SSSR count). The normalized spacial score (nSPS) is 11.0. The molecule has 0 aliphatic heterocycles. The van der Waals surface area contributed by atoms with Crippen molar-refractivity contribution in [3.8, 4) is 0 Å². The van der Waals surface area contributed by atoms with Crippen LogP contribution in [0.25, 0.3) is 0 Å². The first-order valence-corrected chi connectivity index (χ1v) is 7.78. The van der Waals surface area contributed by atoms with Gasteiger partial charge in [0, 0.05) is 10.0 Å². The zero-order chi connectivity index (χ0) is 16.0. The molecular formula is C15H21BrN2O3. The van der Waals surface area contributed by atoms with Crippen molar-refractivity contribution in [2.75, 3.05) is 5.32 Å². The van der Waals surface area contributed by atoms with Crippen molar-refractivity contribution in [1.29, 1.82) is 0 Å². The van der Waals surface area contributed by atoms with Gasteiger partial charge in [-0.05, 0) is 37.5 Å². The summed E-state index contributed by atoms with van der Waals surface area (Å²) in [5.74, 6) is -1.08. The van der Waals surface area contributed by atoms with E-state index in [9.17, 15) is 14.7 Å². The number of anilines is 1.